The van der Waals surface area contributed by atoms with E-state index in [0.29, 0.717) is 18.0 Å². The van der Waals surface area contributed by atoms with E-state index in [-0.39, 0.29) is 18.2 Å². The molecule has 1 aromatic rings. The van der Waals surface area contributed by atoms with Crippen molar-refractivity contribution in [2.24, 2.45) is 0 Å². The molecule has 1 aromatic carbocycles. The highest BCUT2D eigenvalue weighted by molar-refractivity contribution is 5.94. The van der Waals surface area contributed by atoms with Crippen molar-refractivity contribution in [2.45, 2.75) is 13.0 Å². The third-order valence-electron chi connectivity index (χ3n) is 2.60. The van der Waals surface area contributed by atoms with Gasteiger partial charge in [0.15, 0.2) is 6.61 Å². The molecule has 0 saturated heterocycles. The van der Waals surface area contributed by atoms with E-state index in [0.717, 1.165) is 0 Å². The Morgan fingerprint density at radius 1 is 1.33 bits per heavy atom. The Morgan fingerprint density at radius 2 is 2.05 bits per heavy atom. The number of nitrogens with two attached hydrogens (primary N) is 1. The van der Waals surface area contributed by atoms with Crippen LogP contribution in [0, 0.1) is 0 Å². The largest absolute Gasteiger partial charge is 0.496 e. The lowest BCUT2D eigenvalue weighted by Gasteiger charge is -2.13. The normalized spacial score (nSPS) is 11.6. The van der Waals surface area contributed by atoms with Crippen LogP contribution < -0.4 is 15.8 Å². The maximum atomic E-state index is 11.9. The molecule has 116 valence electrons. The number of nitrogen functional groups attached to an aromatic ring is 1. The number of anilines is 1. The predicted molar refractivity (Wildman–Crippen MR) is 77.2 cm³/mol. The Kier molecular flexibility index (Phi) is 6.48. The number of hydrogen-bond acceptors (Lipinski definition) is 6. The maximum Gasteiger partial charge on any atom is 0.342 e. The van der Waals surface area contributed by atoms with Crippen molar-refractivity contribution in [2.75, 3.05) is 33.2 Å². The first-order valence-corrected chi connectivity index (χ1v) is 6.36. The molecular formula is C14H20N2O5. The fraction of sp³-hybridized carbons (Fsp3) is 0.429. The van der Waals surface area contributed by atoms with Gasteiger partial charge in [-0.05, 0) is 19.1 Å². The Morgan fingerprint density at radius 3 is 2.67 bits per heavy atom. The van der Waals surface area contributed by atoms with E-state index in [2.05, 4.69) is 5.32 Å². The number of benzene rings is 1. The van der Waals surface area contributed by atoms with Gasteiger partial charge >= 0.3 is 5.97 Å². The Bertz CT molecular complexity index is 504. The fourth-order valence-electron chi connectivity index (χ4n) is 1.69. The van der Waals surface area contributed by atoms with Crippen molar-refractivity contribution in [3.05, 3.63) is 23.8 Å². The zero-order chi connectivity index (χ0) is 15.8. The molecule has 0 aliphatic rings. The zero-order valence-electron chi connectivity index (χ0n) is 12.3. The topological polar surface area (TPSA) is 99.9 Å². The highest BCUT2D eigenvalue weighted by Crippen LogP contribution is 2.22. The first kappa shape index (κ1) is 16.8. The third-order valence-corrected chi connectivity index (χ3v) is 2.60. The van der Waals surface area contributed by atoms with Gasteiger partial charge in [-0.1, -0.05) is 0 Å². The lowest BCUT2D eigenvalue weighted by molar-refractivity contribution is -0.125. The van der Waals surface area contributed by atoms with E-state index in [4.69, 9.17) is 19.9 Å². The van der Waals surface area contributed by atoms with Gasteiger partial charge in [-0.25, -0.2) is 4.79 Å². The number of hydrogen-bond donors (Lipinski definition) is 2. The van der Waals surface area contributed by atoms with Crippen molar-refractivity contribution < 1.29 is 23.8 Å². The Labute approximate surface area is 123 Å². The fourth-order valence-corrected chi connectivity index (χ4v) is 1.69. The molecule has 0 radical (unpaired) electrons. The van der Waals surface area contributed by atoms with Crippen molar-refractivity contribution in [3.63, 3.8) is 0 Å². The van der Waals surface area contributed by atoms with Crippen LogP contribution in [0.4, 0.5) is 5.69 Å². The lowest BCUT2D eigenvalue weighted by Crippen LogP contribution is -2.38. The molecule has 21 heavy (non-hydrogen) atoms. The van der Waals surface area contributed by atoms with Crippen LogP contribution in [0.2, 0.25) is 0 Å². The number of carbonyl (C=O) groups is 2. The third kappa shape index (κ3) is 5.31. The van der Waals surface area contributed by atoms with Crippen molar-refractivity contribution >= 4 is 17.6 Å². The molecule has 0 bridgehead atoms. The van der Waals surface area contributed by atoms with Gasteiger partial charge in [0.1, 0.15) is 11.3 Å². The van der Waals surface area contributed by atoms with E-state index in [1.165, 1.54) is 26.4 Å². The molecule has 1 amide bonds. The molecule has 0 saturated carbocycles. The van der Waals surface area contributed by atoms with E-state index in [9.17, 15) is 9.59 Å². The van der Waals surface area contributed by atoms with E-state index >= 15 is 0 Å². The highest BCUT2D eigenvalue weighted by Gasteiger charge is 2.16. The minimum absolute atomic E-state index is 0.160. The second kappa shape index (κ2) is 8.11. The molecule has 3 N–H and O–H groups in total. The number of carbonyl (C=O) groups excluding carboxylic acids is 2. The molecule has 0 fully saturated rings. The standard InChI is InChI=1S/C14H20N2O5/c1-9(7-19-2)16-13(17)8-21-14(18)11-5-4-10(15)6-12(11)20-3/h4-6,9H,7-8,15H2,1-3H3,(H,16,17). The van der Waals surface area contributed by atoms with E-state index < -0.39 is 11.9 Å². The van der Waals surface area contributed by atoms with Gasteiger partial charge in [-0.3, -0.25) is 4.79 Å². The average Bonchev–Trinajstić information content (AvgIpc) is 2.44. The first-order valence-electron chi connectivity index (χ1n) is 6.36. The SMILES string of the molecule is COCC(C)NC(=O)COC(=O)c1ccc(N)cc1OC. The van der Waals surface area contributed by atoms with Crippen molar-refractivity contribution in [1.82, 2.24) is 5.32 Å². The van der Waals surface area contributed by atoms with Crippen molar-refractivity contribution in [1.29, 1.82) is 0 Å². The second-order valence-electron chi connectivity index (χ2n) is 4.46. The summed E-state index contributed by atoms with van der Waals surface area (Å²) in [6.45, 7) is 1.79. The molecule has 7 nitrogen and oxygen atoms in total. The Hall–Kier alpha value is -2.28. The summed E-state index contributed by atoms with van der Waals surface area (Å²) in [5.41, 5.74) is 6.28. The molecule has 0 aliphatic heterocycles. The molecule has 0 spiro atoms. The second-order valence-corrected chi connectivity index (χ2v) is 4.46. The quantitative estimate of drug-likeness (QED) is 0.564. The van der Waals surface area contributed by atoms with Gasteiger partial charge < -0.3 is 25.3 Å². The zero-order valence-corrected chi connectivity index (χ0v) is 12.3. The summed E-state index contributed by atoms with van der Waals surface area (Å²) in [6.07, 6.45) is 0. The molecule has 0 heterocycles. The number of ether oxygens (including phenoxy) is 3. The van der Waals surface area contributed by atoms with Gasteiger partial charge in [0.05, 0.1) is 13.7 Å². The number of rotatable bonds is 7. The average molecular weight is 296 g/mol. The molecule has 1 atom stereocenters. The summed E-state index contributed by atoms with van der Waals surface area (Å²) in [5, 5.41) is 2.63. The monoisotopic (exact) mass is 296 g/mol. The minimum Gasteiger partial charge on any atom is -0.496 e. The minimum atomic E-state index is -0.651. The number of nitrogens with one attached hydrogen (secondary N) is 1. The van der Waals surface area contributed by atoms with Crippen LogP contribution in [0.5, 0.6) is 5.75 Å². The summed E-state index contributed by atoms with van der Waals surface area (Å²) >= 11 is 0. The van der Waals surface area contributed by atoms with Crippen molar-refractivity contribution in [3.8, 4) is 5.75 Å². The van der Waals surface area contributed by atoms with E-state index in [1.807, 2.05) is 0 Å². The summed E-state index contributed by atoms with van der Waals surface area (Å²) in [7, 11) is 2.96. The number of amides is 1. The maximum absolute atomic E-state index is 11.9. The smallest absolute Gasteiger partial charge is 0.342 e. The Balaban J connectivity index is 2.56. The molecule has 0 aliphatic carbocycles. The summed E-state index contributed by atoms with van der Waals surface area (Å²) in [5.74, 6) is -0.753. The van der Waals surface area contributed by atoms with Gasteiger partial charge in [0.2, 0.25) is 0 Å². The molecular weight excluding hydrogens is 276 g/mol. The van der Waals surface area contributed by atoms with Gasteiger partial charge in [0.25, 0.3) is 5.91 Å². The highest BCUT2D eigenvalue weighted by atomic mass is 16.5. The molecule has 1 unspecified atom stereocenters. The lowest BCUT2D eigenvalue weighted by atomic mass is 10.2. The van der Waals surface area contributed by atoms with Gasteiger partial charge in [-0.2, -0.15) is 0 Å². The summed E-state index contributed by atoms with van der Waals surface area (Å²) in [6, 6.07) is 4.39. The van der Waals surface area contributed by atoms with Crippen LogP contribution in [0.1, 0.15) is 17.3 Å². The number of methoxy groups -OCH3 is 2. The van der Waals surface area contributed by atoms with Crippen LogP contribution >= 0.6 is 0 Å². The van der Waals surface area contributed by atoms with Crippen LogP contribution in [0.15, 0.2) is 18.2 Å². The van der Waals surface area contributed by atoms with Crippen LogP contribution in [-0.4, -0.2) is 45.4 Å². The first-order chi connectivity index (χ1) is 9.97. The van der Waals surface area contributed by atoms with Crippen LogP contribution in [-0.2, 0) is 14.3 Å². The van der Waals surface area contributed by atoms with Crippen LogP contribution in [0.3, 0.4) is 0 Å². The molecule has 1 rings (SSSR count). The van der Waals surface area contributed by atoms with E-state index in [1.54, 1.807) is 13.0 Å². The van der Waals surface area contributed by atoms with Crippen LogP contribution in [0.25, 0.3) is 0 Å². The summed E-state index contributed by atoms with van der Waals surface area (Å²) < 4.78 is 14.9. The molecule has 0 aromatic heterocycles. The van der Waals surface area contributed by atoms with Gasteiger partial charge in [-0.15, -0.1) is 0 Å². The summed E-state index contributed by atoms with van der Waals surface area (Å²) in [4.78, 5) is 23.5. The number of esters is 1. The molecule has 7 heteroatoms. The van der Waals surface area contributed by atoms with Gasteiger partial charge in [0, 0.05) is 24.9 Å². The predicted octanol–water partition coefficient (Wildman–Crippen LogP) is 0.585.